The quantitative estimate of drug-likeness (QED) is 0.175. The average Bonchev–Trinajstić information content (AvgIpc) is 3.78. The Morgan fingerprint density at radius 2 is 1.95 bits per heavy atom. The van der Waals surface area contributed by atoms with Gasteiger partial charge in [-0.1, -0.05) is 31.5 Å². The first kappa shape index (κ1) is 30.4. The Bertz CT molecular complexity index is 1380. The van der Waals surface area contributed by atoms with Crippen molar-refractivity contribution in [3.05, 3.63) is 35.8 Å². The molecule has 0 bridgehead atoms. The zero-order chi connectivity index (χ0) is 29.7. The number of nitrogens with zero attached hydrogens (tertiary/aromatic N) is 3. The van der Waals surface area contributed by atoms with Gasteiger partial charge in [0.25, 0.3) is 12.3 Å². The van der Waals surface area contributed by atoms with Crippen molar-refractivity contribution in [3.63, 3.8) is 0 Å². The summed E-state index contributed by atoms with van der Waals surface area (Å²) in [5.41, 5.74) is 5.07. The van der Waals surface area contributed by atoms with Gasteiger partial charge >= 0.3 is 0 Å². The van der Waals surface area contributed by atoms with Crippen LogP contribution in [-0.2, 0) is 4.79 Å². The molecule has 3 heterocycles. The number of carbonyl (C=O) groups is 2. The van der Waals surface area contributed by atoms with E-state index < -0.39 is 23.5 Å². The lowest BCUT2D eigenvalue weighted by atomic mass is 9.69. The van der Waals surface area contributed by atoms with Gasteiger partial charge in [0, 0.05) is 37.1 Å². The van der Waals surface area contributed by atoms with Gasteiger partial charge < -0.3 is 15.8 Å². The van der Waals surface area contributed by atoms with Gasteiger partial charge in [-0.3, -0.25) is 24.9 Å². The summed E-state index contributed by atoms with van der Waals surface area (Å²) >= 11 is 0.889. The highest BCUT2D eigenvalue weighted by Gasteiger charge is 2.43. The number of hydrogen-bond donors (Lipinski definition) is 3. The molecule has 5 rings (SSSR count). The molecular formula is C29H36F2N6O3S. The first-order valence-corrected chi connectivity index (χ1v) is 14.6. The maximum atomic E-state index is 13.6. The second-order valence-corrected chi connectivity index (χ2v) is 11.0. The Morgan fingerprint density at radius 3 is 2.59 bits per heavy atom. The smallest absolute Gasteiger partial charge is 0.280 e. The van der Waals surface area contributed by atoms with E-state index in [0.717, 1.165) is 49.9 Å². The number of thioether (sulfide) groups is 1. The molecule has 2 aromatic heterocycles. The number of hydrogen-bond acceptors (Lipinski definition) is 8. The predicted octanol–water partition coefficient (Wildman–Crippen LogP) is 5.22. The molecule has 3 atom stereocenters. The lowest BCUT2D eigenvalue weighted by Gasteiger charge is -2.43. The van der Waals surface area contributed by atoms with Crippen LogP contribution in [0.5, 0.6) is 5.75 Å². The average molecular weight is 587 g/mol. The molecule has 2 aliphatic carbocycles. The van der Waals surface area contributed by atoms with Crippen LogP contribution in [0.1, 0.15) is 69.9 Å². The molecule has 4 N–H and O–H groups in total. The largest absolute Gasteiger partial charge is 0.494 e. The van der Waals surface area contributed by atoms with Crippen molar-refractivity contribution in [2.75, 3.05) is 18.6 Å². The van der Waals surface area contributed by atoms with Crippen molar-refractivity contribution in [1.29, 1.82) is 5.41 Å². The van der Waals surface area contributed by atoms with E-state index in [2.05, 4.69) is 27.1 Å². The SMILES string of the molecule is CC.COc1cnc(C(F)F)cc1-c1cc(N2CCC3CCC3C2=O)ncc1C(=O)NC(N)SC(=N)C#CC1CC1.[HH]. The minimum absolute atomic E-state index is 0. The monoisotopic (exact) mass is 586 g/mol. The number of rotatable bonds is 7. The van der Waals surface area contributed by atoms with Crippen molar-refractivity contribution in [2.45, 2.75) is 57.9 Å². The molecule has 1 aliphatic heterocycles. The van der Waals surface area contributed by atoms with Gasteiger partial charge in [-0.25, -0.2) is 13.8 Å². The van der Waals surface area contributed by atoms with Crippen LogP contribution in [-0.4, -0.2) is 46.0 Å². The fourth-order valence-electron chi connectivity index (χ4n) is 4.81. The number of methoxy groups -OCH3 is 1. The van der Waals surface area contributed by atoms with Gasteiger partial charge in [-0.2, -0.15) is 0 Å². The van der Waals surface area contributed by atoms with Crippen molar-refractivity contribution >= 4 is 34.4 Å². The second-order valence-electron chi connectivity index (χ2n) is 9.81. The van der Waals surface area contributed by atoms with E-state index in [-0.39, 0.29) is 40.7 Å². The highest BCUT2D eigenvalue weighted by Crippen LogP contribution is 2.43. The Balaban J connectivity index is 0.00000158. The Morgan fingerprint density at radius 1 is 1.20 bits per heavy atom. The van der Waals surface area contributed by atoms with E-state index in [9.17, 15) is 18.4 Å². The number of fused-ring (bicyclic) bond motifs is 1. The summed E-state index contributed by atoms with van der Waals surface area (Å²) in [7, 11) is 1.37. The third kappa shape index (κ3) is 7.02. The van der Waals surface area contributed by atoms with Crippen molar-refractivity contribution in [2.24, 2.45) is 23.5 Å². The number of ether oxygens (including phenoxy) is 1. The number of aromatic nitrogens is 2. The van der Waals surface area contributed by atoms with Crippen LogP contribution in [0.15, 0.2) is 24.5 Å². The van der Waals surface area contributed by atoms with E-state index in [0.29, 0.717) is 24.2 Å². The molecule has 220 valence electrons. The number of piperidine rings is 1. The summed E-state index contributed by atoms with van der Waals surface area (Å²) in [5.74, 6) is 6.22. The van der Waals surface area contributed by atoms with Crippen molar-refractivity contribution < 1.29 is 24.5 Å². The zero-order valence-electron chi connectivity index (χ0n) is 23.2. The minimum atomic E-state index is -2.85. The molecule has 2 aromatic rings. The van der Waals surface area contributed by atoms with Gasteiger partial charge in [0.15, 0.2) is 0 Å². The van der Waals surface area contributed by atoms with Crippen LogP contribution in [0.4, 0.5) is 14.6 Å². The molecule has 9 nitrogen and oxygen atoms in total. The molecular weight excluding hydrogens is 550 g/mol. The number of carbonyl (C=O) groups excluding carboxylic acids is 2. The zero-order valence-corrected chi connectivity index (χ0v) is 24.1. The fraction of sp³-hybridized carbons (Fsp3) is 0.483. The van der Waals surface area contributed by atoms with Crippen LogP contribution in [0.25, 0.3) is 11.1 Å². The van der Waals surface area contributed by atoms with Crippen LogP contribution >= 0.6 is 11.8 Å². The topological polar surface area (TPSA) is 134 Å². The fourth-order valence-corrected chi connectivity index (χ4v) is 5.35. The molecule has 1 saturated heterocycles. The molecule has 3 unspecified atom stereocenters. The Hall–Kier alpha value is -3.56. The maximum absolute atomic E-state index is 13.6. The molecule has 0 spiro atoms. The third-order valence-electron chi connectivity index (χ3n) is 7.24. The Kier molecular flexibility index (Phi) is 9.94. The van der Waals surface area contributed by atoms with Gasteiger partial charge in [0.05, 0.1) is 18.9 Å². The molecule has 3 aliphatic rings. The summed E-state index contributed by atoms with van der Waals surface area (Å²) in [6.07, 6.45) is 4.40. The number of amides is 2. The summed E-state index contributed by atoms with van der Waals surface area (Å²) in [5, 5.41) is 10.6. The van der Waals surface area contributed by atoms with E-state index >= 15 is 0 Å². The first-order valence-electron chi connectivity index (χ1n) is 13.7. The summed E-state index contributed by atoms with van der Waals surface area (Å²) < 4.78 is 32.5. The second kappa shape index (κ2) is 13.4. The summed E-state index contributed by atoms with van der Waals surface area (Å²) in [6, 6.07) is 2.71. The lowest BCUT2D eigenvalue weighted by molar-refractivity contribution is -0.129. The predicted molar refractivity (Wildman–Crippen MR) is 157 cm³/mol. The first-order chi connectivity index (χ1) is 19.7. The standard InChI is InChI=1S/C27H28F2N6O3S.C2H6.H2/c1-38-21-13-32-20(24(28)29)10-18(21)17-11-23(35-9-8-15-5-6-16(15)26(35)37)33-12-19(17)25(36)34-27(31)39-22(30)7-4-14-2-3-14;1-2;/h10-16,24,27,30H,2-3,5-6,8-9,31H2,1H3,(H,34,36);1-2H3;1H. The molecule has 2 saturated carbocycles. The van der Waals surface area contributed by atoms with E-state index in [1.165, 1.54) is 19.5 Å². The Labute approximate surface area is 244 Å². The minimum Gasteiger partial charge on any atom is -0.494 e. The molecule has 41 heavy (non-hydrogen) atoms. The highest BCUT2D eigenvalue weighted by atomic mass is 32.2. The van der Waals surface area contributed by atoms with Crippen molar-refractivity contribution in [1.82, 2.24) is 15.3 Å². The number of nitrogens with one attached hydrogen (secondary N) is 2. The number of pyridine rings is 2. The van der Waals surface area contributed by atoms with Crippen LogP contribution in [0, 0.1) is 35.0 Å². The van der Waals surface area contributed by atoms with E-state index in [1.54, 1.807) is 11.0 Å². The summed E-state index contributed by atoms with van der Waals surface area (Å²) in [6.45, 7) is 4.49. The van der Waals surface area contributed by atoms with Crippen LogP contribution in [0.3, 0.4) is 0 Å². The number of halogens is 2. The number of nitrogens with two attached hydrogens (primary N) is 1. The maximum Gasteiger partial charge on any atom is 0.280 e. The van der Waals surface area contributed by atoms with Gasteiger partial charge in [-0.05, 0) is 56.1 Å². The van der Waals surface area contributed by atoms with Crippen molar-refractivity contribution in [3.8, 4) is 28.7 Å². The van der Waals surface area contributed by atoms with Crippen LogP contribution in [0.2, 0.25) is 0 Å². The normalized spacial score (nSPS) is 20.0. The highest BCUT2D eigenvalue weighted by molar-refractivity contribution is 8.14. The van der Waals surface area contributed by atoms with Crippen LogP contribution < -0.4 is 20.7 Å². The third-order valence-corrected chi connectivity index (χ3v) is 7.95. The molecule has 2 amide bonds. The van der Waals surface area contributed by atoms with E-state index in [1.807, 2.05) is 13.8 Å². The summed E-state index contributed by atoms with van der Waals surface area (Å²) in [4.78, 5) is 36.2. The van der Waals surface area contributed by atoms with Gasteiger partial charge in [0.2, 0.25) is 5.91 Å². The number of alkyl halides is 2. The molecule has 3 fully saturated rings. The van der Waals surface area contributed by atoms with Gasteiger partial charge in [0.1, 0.15) is 27.8 Å². The molecule has 0 aromatic carbocycles. The molecule has 0 radical (unpaired) electrons. The molecule has 12 heteroatoms. The van der Waals surface area contributed by atoms with E-state index in [4.69, 9.17) is 15.9 Å². The van der Waals surface area contributed by atoms with Gasteiger partial charge in [-0.15, -0.1) is 0 Å². The lowest BCUT2D eigenvalue weighted by Crippen LogP contribution is -2.50. The number of anilines is 1.